The van der Waals surface area contributed by atoms with Crippen LogP contribution in [0.1, 0.15) is 27.7 Å². The lowest BCUT2D eigenvalue weighted by Crippen LogP contribution is -2.22. The number of hydrogen-bond donors (Lipinski definition) is 2. The standard InChI is InChI=1S/C13H22N2O2S2/c1-10(9-18-13(2,3)4)15-11-6-5-7-12(8-11)19(14,16)17/h5-8,10,15H,9H2,1-4H3,(H2,14,16,17)/t10-/m1/s1. The molecule has 0 amide bonds. The summed E-state index contributed by atoms with van der Waals surface area (Å²) in [4.78, 5) is 0.133. The molecule has 1 atom stereocenters. The number of primary sulfonamides is 1. The van der Waals surface area contributed by atoms with Crippen LogP contribution < -0.4 is 10.5 Å². The van der Waals surface area contributed by atoms with Crippen molar-refractivity contribution in [3.63, 3.8) is 0 Å². The molecule has 0 heterocycles. The molecule has 0 unspecified atom stereocenters. The highest BCUT2D eigenvalue weighted by Gasteiger charge is 2.13. The number of rotatable bonds is 5. The minimum atomic E-state index is -3.64. The van der Waals surface area contributed by atoms with Gasteiger partial charge in [-0.2, -0.15) is 11.8 Å². The molecule has 0 bridgehead atoms. The maximum absolute atomic E-state index is 11.3. The third-order valence-electron chi connectivity index (χ3n) is 2.34. The summed E-state index contributed by atoms with van der Waals surface area (Å²) in [6.07, 6.45) is 0. The minimum Gasteiger partial charge on any atom is -0.382 e. The molecule has 108 valence electrons. The zero-order chi connectivity index (χ0) is 14.7. The Labute approximate surface area is 120 Å². The number of nitrogens with one attached hydrogen (secondary N) is 1. The quantitative estimate of drug-likeness (QED) is 0.877. The van der Waals surface area contributed by atoms with Crippen molar-refractivity contribution in [2.24, 2.45) is 5.14 Å². The summed E-state index contributed by atoms with van der Waals surface area (Å²) in [7, 11) is -3.64. The van der Waals surface area contributed by atoms with E-state index in [9.17, 15) is 8.42 Å². The molecule has 1 aromatic carbocycles. The van der Waals surface area contributed by atoms with Crippen molar-refractivity contribution in [3.05, 3.63) is 24.3 Å². The van der Waals surface area contributed by atoms with Gasteiger partial charge in [-0.3, -0.25) is 0 Å². The maximum atomic E-state index is 11.3. The van der Waals surface area contributed by atoms with Crippen LogP contribution >= 0.6 is 11.8 Å². The first-order valence-electron chi connectivity index (χ1n) is 6.11. The number of anilines is 1. The van der Waals surface area contributed by atoms with E-state index in [1.165, 1.54) is 6.07 Å². The summed E-state index contributed by atoms with van der Waals surface area (Å²) in [5, 5.41) is 8.40. The summed E-state index contributed by atoms with van der Waals surface area (Å²) in [6.45, 7) is 8.59. The average molecular weight is 302 g/mol. The van der Waals surface area contributed by atoms with Gasteiger partial charge in [0, 0.05) is 22.2 Å². The molecule has 3 N–H and O–H groups in total. The van der Waals surface area contributed by atoms with Crippen LogP contribution in [-0.4, -0.2) is 25.0 Å². The Hall–Kier alpha value is -0.720. The lowest BCUT2D eigenvalue weighted by Gasteiger charge is -2.22. The molecule has 4 nitrogen and oxygen atoms in total. The van der Waals surface area contributed by atoms with E-state index in [-0.39, 0.29) is 15.7 Å². The van der Waals surface area contributed by atoms with Gasteiger partial charge < -0.3 is 5.32 Å². The van der Waals surface area contributed by atoms with Crippen LogP contribution in [0.15, 0.2) is 29.2 Å². The zero-order valence-electron chi connectivity index (χ0n) is 11.8. The molecule has 0 aliphatic rings. The van der Waals surface area contributed by atoms with E-state index >= 15 is 0 Å². The van der Waals surface area contributed by atoms with E-state index in [4.69, 9.17) is 5.14 Å². The summed E-state index contributed by atoms with van der Waals surface area (Å²) in [5.41, 5.74) is 0.772. The van der Waals surface area contributed by atoms with Gasteiger partial charge in [0.25, 0.3) is 0 Å². The summed E-state index contributed by atoms with van der Waals surface area (Å²) in [6, 6.07) is 6.83. The molecule has 0 saturated heterocycles. The van der Waals surface area contributed by atoms with Gasteiger partial charge in [0.2, 0.25) is 10.0 Å². The van der Waals surface area contributed by atoms with Crippen molar-refractivity contribution in [3.8, 4) is 0 Å². The highest BCUT2D eigenvalue weighted by Crippen LogP contribution is 2.24. The van der Waals surface area contributed by atoms with Gasteiger partial charge in [0.15, 0.2) is 0 Å². The highest BCUT2D eigenvalue weighted by atomic mass is 32.2. The van der Waals surface area contributed by atoms with Gasteiger partial charge in [0.1, 0.15) is 0 Å². The van der Waals surface area contributed by atoms with Crippen molar-refractivity contribution in [2.75, 3.05) is 11.1 Å². The van der Waals surface area contributed by atoms with Gasteiger partial charge in [-0.15, -0.1) is 0 Å². The van der Waals surface area contributed by atoms with Crippen LogP contribution in [-0.2, 0) is 10.0 Å². The zero-order valence-corrected chi connectivity index (χ0v) is 13.4. The Morgan fingerprint density at radius 1 is 1.37 bits per heavy atom. The topological polar surface area (TPSA) is 72.2 Å². The Bertz CT molecular complexity index is 522. The molecule has 1 rings (SSSR count). The molecular formula is C13H22N2O2S2. The van der Waals surface area contributed by atoms with Crippen molar-refractivity contribution in [2.45, 2.75) is 43.4 Å². The van der Waals surface area contributed by atoms with E-state index in [2.05, 4.69) is 33.0 Å². The van der Waals surface area contributed by atoms with Gasteiger partial charge in [-0.05, 0) is 25.1 Å². The molecule has 0 saturated carbocycles. The van der Waals surface area contributed by atoms with E-state index < -0.39 is 10.0 Å². The summed E-state index contributed by atoms with van der Waals surface area (Å²) in [5.74, 6) is 0.948. The monoisotopic (exact) mass is 302 g/mol. The van der Waals surface area contributed by atoms with E-state index in [1.807, 2.05) is 17.8 Å². The molecule has 0 radical (unpaired) electrons. The molecule has 0 aliphatic carbocycles. The first kappa shape index (κ1) is 16.3. The molecule has 0 aromatic heterocycles. The third kappa shape index (κ3) is 6.31. The number of sulfonamides is 1. The molecule has 19 heavy (non-hydrogen) atoms. The van der Waals surface area contributed by atoms with Crippen LogP contribution in [0.4, 0.5) is 5.69 Å². The first-order chi connectivity index (χ1) is 8.58. The van der Waals surface area contributed by atoms with Crippen molar-refractivity contribution < 1.29 is 8.42 Å². The molecule has 0 fully saturated rings. The lowest BCUT2D eigenvalue weighted by molar-refractivity contribution is 0.598. The fourth-order valence-corrected chi connectivity index (χ4v) is 2.86. The summed E-state index contributed by atoms with van der Waals surface area (Å²) >= 11 is 1.87. The van der Waals surface area contributed by atoms with Crippen LogP contribution in [0.5, 0.6) is 0 Å². The lowest BCUT2D eigenvalue weighted by atomic mass is 10.3. The Morgan fingerprint density at radius 2 is 2.00 bits per heavy atom. The second-order valence-corrected chi connectivity index (χ2v) is 8.95. The SMILES string of the molecule is C[C@H](CSC(C)(C)C)Nc1cccc(S(N)(=O)=O)c1. The van der Waals surface area contributed by atoms with Crippen molar-refractivity contribution in [1.82, 2.24) is 0 Å². The predicted molar refractivity (Wildman–Crippen MR) is 83.1 cm³/mol. The van der Waals surface area contributed by atoms with Gasteiger partial charge in [0.05, 0.1) is 4.90 Å². The Balaban J connectivity index is 2.67. The second-order valence-electron chi connectivity index (χ2n) is 5.54. The molecular weight excluding hydrogens is 280 g/mol. The fraction of sp³-hybridized carbons (Fsp3) is 0.538. The maximum Gasteiger partial charge on any atom is 0.238 e. The number of hydrogen-bond acceptors (Lipinski definition) is 4. The van der Waals surface area contributed by atoms with Gasteiger partial charge in [-0.1, -0.05) is 26.8 Å². The van der Waals surface area contributed by atoms with Crippen LogP contribution in [0, 0.1) is 0 Å². The number of nitrogens with two attached hydrogens (primary N) is 1. The molecule has 0 spiro atoms. The second kappa shape index (κ2) is 6.15. The van der Waals surface area contributed by atoms with Crippen molar-refractivity contribution >= 4 is 27.5 Å². The van der Waals surface area contributed by atoms with E-state index in [1.54, 1.807) is 12.1 Å². The minimum absolute atomic E-state index is 0.133. The third-order valence-corrected chi connectivity index (χ3v) is 4.79. The van der Waals surface area contributed by atoms with Crippen LogP contribution in [0.25, 0.3) is 0 Å². The predicted octanol–water partition coefficient (Wildman–Crippen LogP) is 2.67. The molecule has 0 aliphatic heterocycles. The number of benzene rings is 1. The van der Waals surface area contributed by atoms with Gasteiger partial charge in [-0.25, -0.2) is 13.6 Å². The smallest absolute Gasteiger partial charge is 0.238 e. The van der Waals surface area contributed by atoms with Crippen LogP contribution in [0.2, 0.25) is 0 Å². The Morgan fingerprint density at radius 3 is 2.53 bits per heavy atom. The molecule has 6 heteroatoms. The summed E-state index contributed by atoms with van der Waals surface area (Å²) < 4.78 is 22.8. The van der Waals surface area contributed by atoms with Crippen molar-refractivity contribution in [1.29, 1.82) is 0 Å². The molecule has 1 aromatic rings. The normalized spacial score (nSPS) is 14.2. The van der Waals surface area contributed by atoms with E-state index in [0.29, 0.717) is 0 Å². The first-order valence-corrected chi connectivity index (χ1v) is 8.64. The highest BCUT2D eigenvalue weighted by molar-refractivity contribution is 8.00. The largest absolute Gasteiger partial charge is 0.382 e. The van der Waals surface area contributed by atoms with Crippen LogP contribution in [0.3, 0.4) is 0 Å². The van der Waals surface area contributed by atoms with Gasteiger partial charge >= 0.3 is 0 Å². The average Bonchev–Trinajstić information content (AvgIpc) is 2.25. The fourth-order valence-electron chi connectivity index (χ4n) is 1.46. The Kier molecular flexibility index (Phi) is 5.29. The van der Waals surface area contributed by atoms with E-state index in [0.717, 1.165) is 11.4 Å². The number of thioether (sulfide) groups is 1.